The van der Waals surface area contributed by atoms with E-state index >= 15 is 0 Å². The Morgan fingerprint density at radius 3 is 2.76 bits per heavy atom. The van der Waals surface area contributed by atoms with Crippen molar-refractivity contribution in [2.45, 2.75) is 45.1 Å². The second-order valence-electron chi connectivity index (χ2n) is 10.5. The number of nitrogens with zero attached hydrogens (tertiary/aromatic N) is 5. The molecule has 3 aliphatic rings. The lowest BCUT2D eigenvalue weighted by Gasteiger charge is -2.32. The van der Waals surface area contributed by atoms with Crippen molar-refractivity contribution in [3.63, 3.8) is 0 Å². The molecule has 2 aromatic heterocycles. The van der Waals surface area contributed by atoms with E-state index in [2.05, 4.69) is 19.9 Å². The first-order chi connectivity index (χ1) is 18.5. The maximum Gasteiger partial charge on any atom is 0.227 e. The summed E-state index contributed by atoms with van der Waals surface area (Å²) in [5, 5.41) is 0.559. The van der Waals surface area contributed by atoms with Gasteiger partial charge in [0.2, 0.25) is 11.9 Å². The van der Waals surface area contributed by atoms with Crippen LogP contribution in [0.25, 0.3) is 0 Å². The van der Waals surface area contributed by atoms with Gasteiger partial charge in [0.25, 0.3) is 0 Å². The van der Waals surface area contributed by atoms with E-state index in [-0.39, 0.29) is 18.1 Å². The number of anilines is 1. The summed E-state index contributed by atoms with van der Waals surface area (Å²) in [5.74, 6) is 3.01. The number of halogens is 2. The van der Waals surface area contributed by atoms with Crippen LogP contribution in [0.5, 0.6) is 5.75 Å². The van der Waals surface area contributed by atoms with E-state index in [1.54, 1.807) is 40.8 Å². The van der Waals surface area contributed by atoms with E-state index in [0.29, 0.717) is 41.9 Å². The smallest absolute Gasteiger partial charge is 0.227 e. The zero-order chi connectivity index (χ0) is 26.1. The van der Waals surface area contributed by atoms with E-state index in [9.17, 15) is 9.18 Å². The highest BCUT2D eigenvalue weighted by Gasteiger charge is 2.43. The first kappa shape index (κ1) is 25.5. The van der Waals surface area contributed by atoms with Gasteiger partial charge in [-0.05, 0) is 55.1 Å². The number of fused-ring (bicyclic) bond motifs is 1. The molecular weight excluding hydrogens is 525 g/mol. The molecule has 0 bridgehead atoms. The third kappa shape index (κ3) is 5.78. The number of rotatable bonds is 8. The lowest BCUT2D eigenvalue weighted by Crippen LogP contribution is -2.36. The van der Waals surface area contributed by atoms with Gasteiger partial charge < -0.3 is 14.5 Å². The zero-order valence-electron chi connectivity index (χ0n) is 21.2. The molecule has 1 saturated heterocycles. The Morgan fingerprint density at radius 1 is 1.16 bits per heavy atom. The maximum absolute atomic E-state index is 14.8. The molecule has 10 heteroatoms. The van der Waals surface area contributed by atoms with E-state index in [1.807, 2.05) is 5.51 Å². The summed E-state index contributed by atoms with van der Waals surface area (Å²) in [6.45, 7) is 3.71. The van der Waals surface area contributed by atoms with Crippen molar-refractivity contribution in [1.29, 1.82) is 0 Å². The molecule has 4 heterocycles. The van der Waals surface area contributed by atoms with Crippen molar-refractivity contribution < 1.29 is 13.9 Å². The normalized spacial score (nSPS) is 21.3. The molecule has 2 aliphatic heterocycles. The quantitative estimate of drug-likeness (QED) is 0.382. The Balaban J connectivity index is 0.921. The van der Waals surface area contributed by atoms with E-state index in [0.717, 1.165) is 62.3 Å². The Labute approximate surface area is 231 Å². The van der Waals surface area contributed by atoms with E-state index in [1.165, 1.54) is 17.4 Å². The van der Waals surface area contributed by atoms with Crippen LogP contribution in [0.1, 0.15) is 41.8 Å². The summed E-state index contributed by atoms with van der Waals surface area (Å²) in [6, 6.07) is 4.87. The van der Waals surface area contributed by atoms with E-state index < -0.39 is 0 Å². The SMILES string of the molecule is O=C(Cc1ccc(OCCC2CC2C2CCN(c3ncc(Cl)cn3)CC2)cc1F)N1CCc2scnc2C1. The van der Waals surface area contributed by atoms with Crippen molar-refractivity contribution in [2.75, 3.05) is 31.1 Å². The van der Waals surface area contributed by atoms with E-state index in [4.69, 9.17) is 16.3 Å². The predicted molar refractivity (Wildman–Crippen MR) is 145 cm³/mol. The number of hydrogen-bond donors (Lipinski definition) is 0. The van der Waals surface area contributed by atoms with Gasteiger partial charge in [-0.3, -0.25) is 4.79 Å². The largest absolute Gasteiger partial charge is 0.493 e. The van der Waals surface area contributed by atoms with Gasteiger partial charge in [-0.1, -0.05) is 17.7 Å². The monoisotopic (exact) mass is 555 g/mol. The Kier molecular flexibility index (Phi) is 7.48. The highest BCUT2D eigenvalue weighted by molar-refractivity contribution is 7.09. The number of amides is 1. The number of piperidine rings is 1. The van der Waals surface area contributed by atoms with Gasteiger partial charge in [0.15, 0.2) is 0 Å². The lowest BCUT2D eigenvalue weighted by atomic mass is 9.90. The highest BCUT2D eigenvalue weighted by atomic mass is 35.5. The van der Waals surface area contributed by atoms with Crippen LogP contribution in [0.15, 0.2) is 36.1 Å². The number of thiazole rings is 1. The molecule has 1 aromatic carbocycles. The van der Waals surface area contributed by atoms with Crippen molar-refractivity contribution in [1.82, 2.24) is 19.9 Å². The van der Waals surface area contributed by atoms with Crippen molar-refractivity contribution in [3.8, 4) is 5.75 Å². The topological polar surface area (TPSA) is 71.5 Å². The Hall–Kier alpha value is -2.78. The molecule has 7 nitrogen and oxygen atoms in total. The molecule has 0 N–H and O–H groups in total. The molecule has 0 spiro atoms. The molecule has 200 valence electrons. The summed E-state index contributed by atoms with van der Waals surface area (Å²) < 4.78 is 20.6. The molecule has 0 radical (unpaired) electrons. The van der Waals surface area contributed by atoms with Crippen LogP contribution in [0.2, 0.25) is 5.02 Å². The average molecular weight is 556 g/mol. The first-order valence-corrected chi connectivity index (χ1v) is 14.6. The highest BCUT2D eigenvalue weighted by Crippen LogP contribution is 2.49. The zero-order valence-corrected chi connectivity index (χ0v) is 22.8. The predicted octanol–water partition coefficient (Wildman–Crippen LogP) is 5.17. The molecule has 1 aliphatic carbocycles. The first-order valence-electron chi connectivity index (χ1n) is 13.4. The van der Waals surface area contributed by atoms with Crippen LogP contribution in [0.4, 0.5) is 10.3 Å². The molecule has 2 atom stereocenters. The van der Waals surface area contributed by atoms with Gasteiger partial charge in [-0.15, -0.1) is 11.3 Å². The third-order valence-corrected chi connectivity index (χ3v) is 9.29. The maximum atomic E-state index is 14.8. The fraction of sp³-hybridized carbons (Fsp3) is 0.500. The molecule has 38 heavy (non-hydrogen) atoms. The van der Waals surface area contributed by atoms with Gasteiger partial charge in [0.1, 0.15) is 11.6 Å². The number of aromatic nitrogens is 3. The summed E-state index contributed by atoms with van der Waals surface area (Å²) in [7, 11) is 0. The van der Waals surface area contributed by atoms with Gasteiger partial charge in [-0.25, -0.2) is 19.3 Å². The summed E-state index contributed by atoms with van der Waals surface area (Å²) in [4.78, 5) is 31.0. The van der Waals surface area contributed by atoms with Crippen LogP contribution >= 0.6 is 22.9 Å². The lowest BCUT2D eigenvalue weighted by molar-refractivity contribution is -0.131. The standard InChI is InChI=1S/C28H31ClFN5O2S/c29-21-14-31-28(32-15-21)34-7-3-18(4-8-34)23-11-19(23)6-10-37-22-2-1-20(24(30)13-22)12-27(36)35-9-5-26-25(16-35)33-17-38-26/h1-2,13-15,17-19,23H,3-12,16H2. The van der Waals surface area contributed by atoms with Crippen molar-refractivity contribution in [3.05, 3.63) is 63.1 Å². The Morgan fingerprint density at radius 2 is 1.97 bits per heavy atom. The summed E-state index contributed by atoms with van der Waals surface area (Å²) in [5.41, 5.74) is 3.20. The van der Waals surface area contributed by atoms with Crippen molar-refractivity contribution in [2.24, 2.45) is 17.8 Å². The van der Waals surface area contributed by atoms with Crippen LogP contribution in [-0.4, -0.2) is 52.0 Å². The van der Waals surface area contributed by atoms with Gasteiger partial charge in [-0.2, -0.15) is 0 Å². The van der Waals surface area contributed by atoms with Gasteiger partial charge >= 0.3 is 0 Å². The summed E-state index contributed by atoms with van der Waals surface area (Å²) in [6.07, 6.45) is 8.72. The second-order valence-corrected chi connectivity index (χ2v) is 11.9. The number of hydrogen-bond acceptors (Lipinski definition) is 7. The van der Waals surface area contributed by atoms with Crippen molar-refractivity contribution >= 4 is 34.8 Å². The molecule has 2 unspecified atom stereocenters. The molecular formula is C28H31ClFN5O2S. The van der Waals surface area contributed by atoms with Crippen LogP contribution in [0.3, 0.4) is 0 Å². The molecule has 3 aromatic rings. The fourth-order valence-electron chi connectivity index (χ4n) is 5.88. The molecule has 2 fully saturated rings. The van der Waals surface area contributed by atoms with Crippen LogP contribution < -0.4 is 9.64 Å². The molecule has 1 saturated carbocycles. The minimum atomic E-state index is -0.386. The van der Waals surface area contributed by atoms with Gasteiger partial charge in [0.05, 0.1) is 48.2 Å². The average Bonchev–Trinajstić information content (AvgIpc) is 3.55. The fourth-order valence-corrected chi connectivity index (χ4v) is 6.74. The number of carbonyl (C=O) groups is 1. The van der Waals surface area contributed by atoms with Crippen LogP contribution in [0, 0.1) is 23.6 Å². The second kappa shape index (κ2) is 11.1. The molecule has 1 amide bonds. The minimum Gasteiger partial charge on any atom is -0.493 e. The number of benzene rings is 1. The Bertz CT molecular complexity index is 1280. The number of ether oxygens (including phenoxy) is 1. The number of carbonyl (C=O) groups excluding carboxylic acids is 1. The van der Waals surface area contributed by atoms with Gasteiger partial charge in [0, 0.05) is 37.0 Å². The summed E-state index contributed by atoms with van der Waals surface area (Å²) >= 11 is 7.54. The molecule has 6 rings (SSSR count). The van der Waals surface area contributed by atoms with Crippen LogP contribution in [-0.2, 0) is 24.2 Å². The third-order valence-electron chi connectivity index (χ3n) is 8.16. The minimum absolute atomic E-state index is 0.0539.